The van der Waals surface area contributed by atoms with Gasteiger partial charge in [0.05, 0.1) is 0 Å². The maximum Gasteiger partial charge on any atom is 0.00243 e. The van der Waals surface area contributed by atoms with E-state index >= 15 is 0 Å². The first-order valence-electron chi connectivity index (χ1n) is 3.96. The quantitative estimate of drug-likeness (QED) is 0.544. The van der Waals surface area contributed by atoms with Gasteiger partial charge in [0.1, 0.15) is 0 Å². The van der Waals surface area contributed by atoms with E-state index in [0.717, 1.165) is 11.8 Å². The van der Waals surface area contributed by atoms with Crippen LogP contribution in [0, 0.1) is 11.8 Å². The van der Waals surface area contributed by atoms with Gasteiger partial charge in [0.25, 0.3) is 0 Å². The van der Waals surface area contributed by atoms with Crippen molar-refractivity contribution in [2.75, 3.05) is 19.6 Å². The highest BCUT2D eigenvalue weighted by atomic mass is 15.2. The van der Waals surface area contributed by atoms with E-state index in [2.05, 4.69) is 25.7 Å². The maximum atomic E-state index is 2.49. The Hall–Kier alpha value is -0.0400. The zero-order valence-corrected chi connectivity index (χ0v) is 6.72. The minimum atomic E-state index is 0.896. The highest BCUT2D eigenvalue weighted by molar-refractivity contribution is 4.80. The zero-order valence-electron chi connectivity index (χ0n) is 6.72. The average molecular weight is 127 g/mol. The summed E-state index contributed by atoms with van der Waals surface area (Å²) in [5, 5.41) is 0. The first-order valence-corrected chi connectivity index (χ1v) is 3.96. The third-order valence-electron chi connectivity index (χ3n) is 2.38. The number of nitrogens with zero attached hydrogens (tertiary/aromatic N) is 1. The summed E-state index contributed by atoms with van der Waals surface area (Å²) in [6.07, 6.45) is 0. The van der Waals surface area contributed by atoms with Crippen molar-refractivity contribution >= 4 is 0 Å². The van der Waals surface area contributed by atoms with Crippen LogP contribution in [0.3, 0.4) is 0 Å². The van der Waals surface area contributed by atoms with Gasteiger partial charge in [0.15, 0.2) is 0 Å². The third kappa shape index (κ3) is 1.45. The lowest BCUT2D eigenvalue weighted by atomic mass is 9.89. The molecule has 1 rings (SSSR count). The fourth-order valence-electron chi connectivity index (χ4n) is 1.29. The summed E-state index contributed by atoms with van der Waals surface area (Å²) in [7, 11) is 0. The second-order valence-corrected chi connectivity index (χ2v) is 3.36. The average Bonchev–Trinajstić information content (AvgIpc) is 1.61. The lowest BCUT2D eigenvalue weighted by molar-refractivity contribution is 0.0745. The molecule has 0 radical (unpaired) electrons. The fourth-order valence-corrected chi connectivity index (χ4v) is 1.29. The van der Waals surface area contributed by atoms with Crippen molar-refractivity contribution < 1.29 is 0 Å². The molecular formula is C8H17N. The zero-order chi connectivity index (χ0) is 6.85. The summed E-state index contributed by atoms with van der Waals surface area (Å²) in [6, 6.07) is 0. The first kappa shape index (κ1) is 7.07. The Morgan fingerprint density at radius 3 is 2.33 bits per heavy atom. The van der Waals surface area contributed by atoms with Crippen LogP contribution in [0.25, 0.3) is 0 Å². The van der Waals surface area contributed by atoms with Crippen LogP contribution >= 0.6 is 0 Å². The summed E-state index contributed by atoms with van der Waals surface area (Å²) in [6.45, 7) is 10.8. The molecule has 0 atom stereocenters. The van der Waals surface area contributed by atoms with Gasteiger partial charge in [0.2, 0.25) is 0 Å². The number of rotatable bonds is 2. The van der Waals surface area contributed by atoms with Crippen LogP contribution < -0.4 is 0 Å². The smallest absolute Gasteiger partial charge is 0.00243 e. The molecular weight excluding hydrogens is 110 g/mol. The molecule has 1 nitrogen and oxygen atoms in total. The molecule has 0 aliphatic carbocycles. The van der Waals surface area contributed by atoms with Crippen molar-refractivity contribution in [3.8, 4) is 0 Å². The standard InChI is InChI=1S/C8H17N/c1-4-9-5-8(6-9)7(2)3/h7-8H,4-6H2,1-3H3. The predicted molar refractivity (Wildman–Crippen MR) is 40.4 cm³/mol. The van der Waals surface area contributed by atoms with Crippen molar-refractivity contribution in [2.24, 2.45) is 11.8 Å². The second-order valence-electron chi connectivity index (χ2n) is 3.36. The molecule has 1 aliphatic rings. The highest BCUT2D eigenvalue weighted by Crippen LogP contribution is 2.22. The van der Waals surface area contributed by atoms with Crippen molar-refractivity contribution in [1.29, 1.82) is 0 Å². The lowest BCUT2D eigenvalue weighted by Crippen LogP contribution is -2.48. The third-order valence-corrected chi connectivity index (χ3v) is 2.38. The number of likely N-dealkylation sites (tertiary alicyclic amines) is 1. The summed E-state index contributed by atoms with van der Waals surface area (Å²) in [5.41, 5.74) is 0. The molecule has 1 heteroatoms. The van der Waals surface area contributed by atoms with E-state index in [-0.39, 0.29) is 0 Å². The molecule has 1 saturated heterocycles. The van der Waals surface area contributed by atoms with Gasteiger partial charge in [-0.05, 0) is 18.4 Å². The van der Waals surface area contributed by atoms with E-state index in [0.29, 0.717) is 0 Å². The Morgan fingerprint density at radius 1 is 1.44 bits per heavy atom. The SMILES string of the molecule is CCN1CC(C(C)C)C1. The molecule has 0 aromatic heterocycles. The lowest BCUT2D eigenvalue weighted by Gasteiger charge is -2.40. The van der Waals surface area contributed by atoms with Crippen LogP contribution in [0.1, 0.15) is 20.8 Å². The van der Waals surface area contributed by atoms with Crippen molar-refractivity contribution in [2.45, 2.75) is 20.8 Å². The first-order chi connectivity index (χ1) is 4.24. The predicted octanol–water partition coefficient (Wildman–Crippen LogP) is 1.59. The Morgan fingerprint density at radius 2 is 2.00 bits per heavy atom. The van der Waals surface area contributed by atoms with Gasteiger partial charge in [-0.3, -0.25) is 0 Å². The van der Waals surface area contributed by atoms with E-state index in [9.17, 15) is 0 Å². The molecule has 54 valence electrons. The van der Waals surface area contributed by atoms with Gasteiger partial charge < -0.3 is 4.90 Å². The van der Waals surface area contributed by atoms with Crippen LogP contribution in [0.4, 0.5) is 0 Å². The van der Waals surface area contributed by atoms with Gasteiger partial charge in [-0.25, -0.2) is 0 Å². The molecule has 1 fully saturated rings. The summed E-state index contributed by atoms with van der Waals surface area (Å²) in [4.78, 5) is 2.49. The van der Waals surface area contributed by atoms with E-state index in [1.165, 1.54) is 19.6 Å². The Balaban J connectivity index is 2.12. The topological polar surface area (TPSA) is 3.24 Å². The molecule has 1 aliphatic heterocycles. The molecule has 0 unspecified atom stereocenters. The normalized spacial score (nSPS) is 22.7. The Labute approximate surface area is 58.0 Å². The summed E-state index contributed by atoms with van der Waals surface area (Å²) < 4.78 is 0. The van der Waals surface area contributed by atoms with E-state index < -0.39 is 0 Å². The van der Waals surface area contributed by atoms with E-state index in [1.807, 2.05) is 0 Å². The van der Waals surface area contributed by atoms with Gasteiger partial charge >= 0.3 is 0 Å². The fraction of sp³-hybridized carbons (Fsp3) is 1.00. The molecule has 0 N–H and O–H groups in total. The highest BCUT2D eigenvalue weighted by Gasteiger charge is 2.26. The molecule has 0 aromatic rings. The molecule has 0 saturated carbocycles. The van der Waals surface area contributed by atoms with Gasteiger partial charge in [0, 0.05) is 13.1 Å². The summed E-state index contributed by atoms with van der Waals surface area (Å²) in [5.74, 6) is 1.89. The molecule has 0 bridgehead atoms. The van der Waals surface area contributed by atoms with E-state index in [4.69, 9.17) is 0 Å². The molecule has 1 heterocycles. The number of hydrogen-bond donors (Lipinski definition) is 0. The van der Waals surface area contributed by atoms with Gasteiger partial charge in [-0.2, -0.15) is 0 Å². The molecule has 9 heavy (non-hydrogen) atoms. The number of hydrogen-bond acceptors (Lipinski definition) is 1. The van der Waals surface area contributed by atoms with Crippen LogP contribution in [0.15, 0.2) is 0 Å². The Kier molecular flexibility index (Phi) is 2.12. The van der Waals surface area contributed by atoms with Crippen LogP contribution in [0.5, 0.6) is 0 Å². The largest absolute Gasteiger partial charge is 0.303 e. The molecule has 0 amide bonds. The Bertz CT molecular complexity index is 82.6. The molecule has 0 aromatic carbocycles. The van der Waals surface area contributed by atoms with Gasteiger partial charge in [-0.1, -0.05) is 20.8 Å². The van der Waals surface area contributed by atoms with Crippen molar-refractivity contribution in [1.82, 2.24) is 4.90 Å². The maximum absolute atomic E-state index is 2.49. The van der Waals surface area contributed by atoms with Crippen molar-refractivity contribution in [3.63, 3.8) is 0 Å². The van der Waals surface area contributed by atoms with Crippen molar-refractivity contribution in [3.05, 3.63) is 0 Å². The van der Waals surface area contributed by atoms with Crippen LogP contribution in [-0.4, -0.2) is 24.5 Å². The molecule has 0 spiro atoms. The summed E-state index contributed by atoms with van der Waals surface area (Å²) >= 11 is 0. The van der Waals surface area contributed by atoms with Crippen LogP contribution in [0.2, 0.25) is 0 Å². The minimum absolute atomic E-state index is 0.896. The monoisotopic (exact) mass is 127 g/mol. The van der Waals surface area contributed by atoms with Gasteiger partial charge in [-0.15, -0.1) is 0 Å². The van der Waals surface area contributed by atoms with Crippen LogP contribution in [-0.2, 0) is 0 Å². The second kappa shape index (κ2) is 2.70. The van der Waals surface area contributed by atoms with E-state index in [1.54, 1.807) is 0 Å². The minimum Gasteiger partial charge on any atom is -0.303 e.